The second-order valence-electron chi connectivity index (χ2n) is 6.37. The van der Waals surface area contributed by atoms with Gasteiger partial charge in [0.2, 0.25) is 0 Å². The quantitative estimate of drug-likeness (QED) is 0.865. The summed E-state index contributed by atoms with van der Waals surface area (Å²) < 4.78 is 5.25. The third-order valence-electron chi connectivity index (χ3n) is 4.68. The van der Waals surface area contributed by atoms with E-state index in [0.29, 0.717) is 6.04 Å². The highest BCUT2D eigenvalue weighted by Crippen LogP contribution is 2.42. The van der Waals surface area contributed by atoms with E-state index in [1.165, 1.54) is 37.7 Å². The van der Waals surface area contributed by atoms with E-state index in [9.17, 15) is 0 Å². The largest absolute Gasteiger partial charge is 0.497 e. The highest BCUT2D eigenvalue weighted by atomic mass is 16.5. The molecule has 104 valence electrons. The molecule has 0 heterocycles. The Labute approximate surface area is 116 Å². The van der Waals surface area contributed by atoms with Crippen LogP contribution in [0.15, 0.2) is 24.3 Å². The second kappa shape index (κ2) is 5.54. The van der Waals surface area contributed by atoms with Crippen molar-refractivity contribution >= 4 is 0 Å². The van der Waals surface area contributed by atoms with E-state index in [-0.39, 0.29) is 0 Å². The second-order valence-corrected chi connectivity index (χ2v) is 6.37. The van der Waals surface area contributed by atoms with Gasteiger partial charge in [-0.3, -0.25) is 0 Å². The number of methoxy groups -OCH3 is 1. The molecular formula is C17H25NO. The van der Waals surface area contributed by atoms with Crippen LogP contribution in [0.25, 0.3) is 0 Å². The molecule has 2 aliphatic carbocycles. The zero-order chi connectivity index (χ0) is 13.2. The summed E-state index contributed by atoms with van der Waals surface area (Å²) in [6, 6.07) is 9.91. The molecular weight excluding hydrogens is 234 g/mol. The van der Waals surface area contributed by atoms with E-state index >= 15 is 0 Å². The van der Waals surface area contributed by atoms with E-state index in [1.54, 1.807) is 7.11 Å². The van der Waals surface area contributed by atoms with Gasteiger partial charge in [-0.15, -0.1) is 0 Å². The van der Waals surface area contributed by atoms with E-state index in [4.69, 9.17) is 4.74 Å². The lowest BCUT2D eigenvalue weighted by Gasteiger charge is -2.23. The Morgan fingerprint density at radius 2 is 1.84 bits per heavy atom. The number of ether oxygens (including phenoxy) is 1. The minimum absolute atomic E-state index is 0.557. The molecule has 0 aliphatic heterocycles. The molecule has 2 nitrogen and oxygen atoms in total. The molecule has 1 aromatic rings. The van der Waals surface area contributed by atoms with Crippen molar-refractivity contribution in [1.82, 2.24) is 5.32 Å². The highest BCUT2D eigenvalue weighted by Gasteiger charge is 2.34. The SMILES string of the molecule is COc1ccc(C(NC2CCC(C)C2)C2CC2)cc1. The molecule has 2 saturated carbocycles. The molecule has 0 amide bonds. The normalized spacial score (nSPS) is 28.3. The van der Waals surface area contributed by atoms with Gasteiger partial charge in [-0.2, -0.15) is 0 Å². The first-order valence-corrected chi connectivity index (χ1v) is 7.66. The van der Waals surface area contributed by atoms with E-state index < -0.39 is 0 Å². The van der Waals surface area contributed by atoms with Gasteiger partial charge in [-0.1, -0.05) is 19.1 Å². The standard InChI is InChI=1S/C17H25NO/c1-12-3-8-15(11-12)18-17(13-4-5-13)14-6-9-16(19-2)10-7-14/h6-7,9-10,12-13,15,17-18H,3-5,8,11H2,1-2H3. The topological polar surface area (TPSA) is 21.3 Å². The first-order valence-electron chi connectivity index (χ1n) is 7.66. The van der Waals surface area contributed by atoms with Crippen LogP contribution in [-0.4, -0.2) is 13.2 Å². The van der Waals surface area contributed by atoms with Gasteiger partial charge in [0, 0.05) is 12.1 Å². The Morgan fingerprint density at radius 3 is 2.37 bits per heavy atom. The molecule has 0 aromatic heterocycles. The van der Waals surface area contributed by atoms with Gasteiger partial charge in [0.15, 0.2) is 0 Å². The average Bonchev–Trinajstić information content (AvgIpc) is 3.20. The number of hydrogen-bond acceptors (Lipinski definition) is 2. The lowest BCUT2D eigenvalue weighted by atomic mass is 10.0. The van der Waals surface area contributed by atoms with Crippen LogP contribution < -0.4 is 10.1 Å². The number of benzene rings is 1. The molecule has 1 N–H and O–H groups in total. The fraction of sp³-hybridized carbons (Fsp3) is 0.647. The van der Waals surface area contributed by atoms with Gasteiger partial charge in [-0.25, -0.2) is 0 Å². The number of rotatable bonds is 5. The van der Waals surface area contributed by atoms with Crippen LogP contribution >= 0.6 is 0 Å². The summed E-state index contributed by atoms with van der Waals surface area (Å²) in [5.74, 6) is 2.70. The molecule has 3 rings (SSSR count). The van der Waals surface area contributed by atoms with E-state index in [0.717, 1.165) is 23.6 Å². The summed E-state index contributed by atoms with van der Waals surface area (Å²) in [6.07, 6.45) is 6.84. The minimum Gasteiger partial charge on any atom is -0.497 e. The summed E-state index contributed by atoms with van der Waals surface area (Å²) in [6.45, 7) is 2.38. The van der Waals surface area contributed by atoms with Crippen LogP contribution in [0.5, 0.6) is 5.75 Å². The lowest BCUT2D eigenvalue weighted by molar-refractivity contribution is 0.396. The zero-order valence-electron chi connectivity index (χ0n) is 12.1. The number of nitrogens with one attached hydrogen (secondary N) is 1. The third-order valence-corrected chi connectivity index (χ3v) is 4.68. The lowest BCUT2D eigenvalue weighted by Crippen LogP contribution is -2.32. The minimum atomic E-state index is 0.557. The summed E-state index contributed by atoms with van der Waals surface area (Å²) in [4.78, 5) is 0. The van der Waals surface area contributed by atoms with Gasteiger partial charge in [0.1, 0.15) is 5.75 Å². The molecule has 2 heteroatoms. The van der Waals surface area contributed by atoms with Crippen LogP contribution in [0.2, 0.25) is 0 Å². The summed E-state index contributed by atoms with van der Waals surface area (Å²) >= 11 is 0. The van der Waals surface area contributed by atoms with Gasteiger partial charge >= 0.3 is 0 Å². The maximum Gasteiger partial charge on any atom is 0.118 e. The first-order chi connectivity index (χ1) is 9.26. The van der Waals surface area contributed by atoms with Crippen molar-refractivity contribution in [2.75, 3.05) is 7.11 Å². The van der Waals surface area contributed by atoms with Crippen molar-refractivity contribution in [3.8, 4) is 5.75 Å². The van der Waals surface area contributed by atoms with Crippen molar-refractivity contribution in [3.63, 3.8) is 0 Å². The Bertz CT molecular complexity index is 410. The van der Waals surface area contributed by atoms with Gasteiger partial charge in [0.25, 0.3) is 0 Å². The van der Waals surface area contributed by atoms with Crippen molar-refractivity contribution in [2.45, 2.75) is 51.1 Å². The van der Waals surface area contributed by atoms with Gasteiger partial charge < -0.3 is 10.1 Å². The van der Waals surface area contributed by atoms with Crippen LogP contribution in [0, 0.1) is 11.8 Å². The molecule has 0 radical (unpaired) electrons. The third kappa shape index (κ3) is 3.11. The monoisotopic (exact) mass is 259 g/mol. The maximum atomic E-state index is 5.25. The highest BCUT2D eigenvalue weighted by molar-refractivity contribution is 5.30. The molecule has 19 heavy (non-hydrogen) atoms. The summed E-state index contributed by atoms with van der Waals surface area (Å²) in [7, 11) is 1.73. The smallest absolute Gasteiger partial charge is 0.118 e. The summed E-state index contributed by atoms with van der Waals surface area (Å²) in [5, 5.41) is 3.92. The van der Waals surface area contributed by atoms with Crippen LogP contribution in [-0.2, 0) is 0 Å². The molecule has 0 saturated heterocycles. The van der Waals surface area contributed by atoms with Crippen LogP contribution in [0.3, 0.4) is 0 Å². The summed E-state index contributed by atoms with van der Waals surface area (Å²) in [5.41, 5.74) is 1.43. The van der Waals surface area contributed by atoms with Crippen molar-refractivity contribution in [3.05, 3.63) is 29.8 Å². The zero-order valence-corrected chi connectivity index (χ0v) is 12.1. The number of hydrogen-bond donors (Lipinski definition) is 1. The maximum absolute atomic E-state index is 5.25. The first kappa shape index (κ1) is 13.0. The van der Waals surface area contributed by atoms with Gasteiger partial charge in [0.05, 0.1) is 7.11 Å². The molecule has 3 unspecified atom stereocenters. The predicted molar refractivity (Wildman–Crippen MR) is 78.4 cm³/mol. The van der Waals surface area contributed by atoms with Crippen molar-refractivity contribution in [1.29, 1.82) is 0 Å². The Hall–Kier alpha value is -1.02. The molecule has 0 bridgehead atoms. The Morgan fingerprint density at radius 1 is 1.11 bits per heavy atom. The fourth-order valence-corrected chi connectivity index (χ4v) is 3.36. The van der Waals surface area contributed by atoms with E-state index in [2.05, 4.69) is 36.5 Å². The predicted octanol–water partition coefficient (Wildman–Crippen LogP) is 3.92. The van der Waals surface area contributed by atoms with Crippen molar-refractivity contribution < 1.29 is 4.74 Å². The molecule has 0 spiro atoms. The fourth-order valence-electron chi connectivity index (χ4n) is 3.36. The Kier molecular flexibility index (Phi) is 3.79. The Balaban J connectivity index is 1.69. The molecule has 1 aromatic carbocycles. The van der Waals surface area contributed by atoms with E-state index in [1.807, 2.05) is 0 Å². The molecule has 3 atom stereocenters. The average molecular weight is 259 g/mol. The van der Waals surface area contributed by atoms with Crippen LogP contribution in [0.4, 0.5) is 0 Å². The molecule has 2 fully saturated rings. The van der Waals surface area contributed by atoms with Gasteiger partial charge in [-0.05, 0) is 61.6 Å². The molecule has 2 aliphatic rings. The van der Waals surface area contributed by atoms with Crippen LogP contribution in [0.1, 0.15) is 50.6 Å². The van der Waals surface area contributed by atoms with Crippen molar-refractivity contribution in [2.24, 2.45) is 11.8 Å².